The lowest BCUT2D eigenvalue weighted by atomic mass is 10.0. The molecular weight excluding hydrogens is 172 g/mol. The molecule has 0 aliphatic carbocycles. The van der Waals surface area contributed by atoms with Crippen LogP contribution in [0.2, 0.25) is 0 Å². The number of aliphatic hydroxyl groups is 1. The summed E-state index contributed by atoms with van der Waals surface area (Å²) >= 11 is 0. The molecular formula is C13H18O. The highest BCUT2D eigenvalue weighted by Crippen LogP contribution is 2.15. The molecule has 0 unspecified atom stereocenters. The maximum absolute atomic E-state index is 8.66. The maximum atomic E-state index is 8.66. The second-order valence-corrected chi connectivity index (χ2v) is 3.62. The summed E-state index contributed by atoms with van der Waals surface area (Å²) < 4.78 is 0. The van der Waals surface area contributed by atoms with Gasteiger partial charge in [-0.05, 0) is 37.8 Å². The highest BCUT2D eigenvalue weighted by atomic mass is 16.2. The van der Waals surface area contributed by atoms with Gasteiger partial charge in [-0.3, -0.25) is 0 Å². The molecule has 14 heavy (non-hydrogen) atoms. The van der Waals surface area contributed by atoms with Crippen molar-refractivity contribution in [1.29, 1.82) is 0 Å². The first kappa shape index (κ1) is 11.0. The van der Waals surface area contributed by atoms with Gasteiger partial charge in [0.15, 0.2) is 0 Å². The normalized spacial score (nSPS) is 11.8. The number of hydrogen-bond acceptors (Lipinski definition) is 1. The van der Waals surface area contributed by atoms with Gasteiger partial charge in [0, 0.05) is 6.61 Å². The summed E-state index contributed by atoms with van der Waals surface area (Å²) in [6.07, 6.45) is 3.99. The Kier molecular flexibility index (Phi) is 4.41. The minimum atomic E-state index is 0.275. The summed E-state index contributed by atoms with van der Waals surface area (Å²) in [7, 11) is 0. The van der Waals surface area contributed by atoms with E-state index < -0.39 is 0 Å². The van der Waals surface area contributed by atoms with Crippen molar-refractivity contribution in [2.45, 2.75) is 26.7 Å². The first-order chi connectivity index (χ1) is 6.74. The molecule has 0 bridgehead atoms. The molecule has 1 aromatic rings. The van der Waals surface area contributed by atoms with Gasteiger partial charge >= 0.3 is 0 Å². The van der Waals surface area contributed by atoms with Crippen molar-refractivity contribution < 1.29 is 5.11 Å². The number of benzene rings is 1. The zero-order chi connectivity index (χ0) is 10.4. The molecule has 1 rings (SSSR count). The molecule has 0 atom stereocenters. The number of hydrogen-bond donors (Lipinski definition) is 1. The summed E-state index contributed by atoms with van der Waals surface area (Å²) in [5.41, 5.74) is 3.85. The quantitative estimate of drug-likeness (QED) is 0.723. The lowest BCUT2D eigenvalue weighted by Gasteiger charge is -2.02. The molecule has 0 aromatic heterocycles. The van der Waals surface area contributed by atoms with Crippen LogP contribution in [0.4, 0.5) is 0 Å². The zero-order valence-corrected chi connectivity index (χ0v) is 8.96. The van der Waals surface area contributed by atoms with E-state index in [2.05, 4.69) is 44.2 Å². The van der Waals surface area contributed by atoms with Crippen LogP contribution < -0.4 is 0 Å². The molecule has 76 valence electrons. The smallest absolute Gasteiger partial charge is 0.0433 e. The molecule has 0 heterocycles. The van der Waals surface area contributed by atoms with Crippen LogP contribution in [-0.4, -0.2) is 11.7 Å². The van der Waals surface area contributed by atoms with E-state index in [1.54, 1.807) is 0 Å². The van der Waals surface area contributed by atoms with Gasteiger partial charge in [-0.25, -0.2) is 0 Å². The largest absolute Gasteiger partial charge is 0.396 e. The first-order valence-corrected chi connectivity index (χ1v) is 5.08. The van der Waals surface area contributed by atoms with Crippen molar-refractivity contribution in [3.63, 3.8) is 0 Å². The van der Waals surface area contributed by atoms with Gasteiger partial charge in [-0.1, -0.05) is 35.9 Å². The molecule has 0 amide bonds. The molecule has 0 aliphatic rings. The molecule has 0 saturated heterocycles. The number of rotatable bonds is 4. The molecule has 1 nitrogen and oxygen atoms in total. The second kappa shape index (κ2) is 5.61. The minimum absolute atomic E-state index is 0.275. The van der Waals surface area contributed by atoms with Crippen LogP contribution in [0.25, 0.3) is 5.57 Å². The molecule has 0 fully saturated rings. The van der Waals surface area contributed by atoms with Gasteiger partial charge in [0.2, 0.25) is 0 Å². The van der Waals surface area contributed by atoms with Gasteiger partial charge in [0.1, 0.15) is 0 Å². The third-order valence-corrected chi connectivity index (χ3v) is 2.32. The molecule has 1 aromatic carbocycles. The molecule has 0 spiro atoms. The van der Waals surface area contributed by atoms with Crippen molar-refractivity contribution in [2.24, 2.45) is 0 Å². The SMILES string of the molecule is C/C(=C/CCCO)c1ccc(C)cc1. The zero-order valence-electron chi connectivity index (χ0n) is 8.96. The van der Waals surface area contributed by atoms with Crippen LogP contribution >= 0.6 is 0 Å². The predicted molar refractivity (Wildman–Crippen MR) is 61.1 cm³/mol. The van der Waals surface area contributed by atoms with E-state index in [9.17, 15) is 0 Å². The van der Waals surface area contributed by atoms with Crippen LogP contribution in [0.5, 0.6) is 0 Å². The van der Waals surface area contributed by atoms with E-state index in [1.165, 1.54) is 16.7 Å². The van der Waals surface area contributed by atoms with Crippen molar-refractivity contribution in [2.75, 3.05) is 6.61 Å². The van der Waals surface area contributed by atoms with Crippen molar-refractivity contribution in [1.82, 2.24) is 0 Å². The fraction of sp³-hybridized carbons (Fsp3) is 0.385. The van der Waals surface area contributed by atoms with E-state index in [0.29, 0.717) is 0 Å². The van der Waals surface area contributed by atoms with Gasteiger partial charge in [-0.15, -0.1) is 0 Å². The standard InChI is InChI=1S/C13H18O/c1-11-6-8-13(9-7-11)12(2)5-3-4-10-14/h5-9,14H,3-4,10H2,1-2H3/b12-5-. The molecule has 0 radical (unpaired) electrons. The Bertz CT molecular complexity index is 296. The number of aryl methyl sites for hydroxylation is 1. The van der Waals surface area contributed by atoms with Crippen LogP contribution in [0, 0.1) is 6.92 Å². The van der Waals surface area contributed by atoms with Crippen molar-refractivity contribution in [3.8, 4) is 0 Å². The Hall–Kier alpha value is -1.08. The van der Waals surface area contributed by atoms with Gasteiger partial charge in [0.25, 0.3) is 0 Å². The Morgan fingerprint density at radius 1 is 1.29 bits per heavy atom. The third kappa shape index (κ3) is 3.35. The Morgan fingerprint density at radius 3 is 2.50 bits per heavy atom. The van der Waals surface area contributed by atoms with E-state index >= 15 is 0 Å². The predicted octanol–water partition coefficient (Wildman–Crippen LogP) is 3.17. The van der Waals surface area contributed by atoms with Crippen molar-refractivity contribution in [3.05, 3.63) is 41.5 Å². The first-order valence-electron chi connectivity index (χ1n) is 5.08. The highest BCUT2D eigenvalue weighted by Gasteiger charge is 1.93. The summed E-state index contributed by atoms with van der Waals surface area (Å²) in [5, 5.41) is 8.66. The lowest BCUT2D eigenvalue weighted by Crippen LogP contribution is -1.83. The second-order valence-electron chi connectivity index (χ2n) is 3.62. The summed E-state index contributed by atoms with van der Waals surface area (Å²) in [6, 6.07) is 8.53. The molecule has 1 N–H and O–H groups in total. The van der Waals surface area contributed by atoms with E-state index in [1.807, 2.05) is 0 Å². The molecule has 1 heteroatoms. The molecule has 0 aliphatic heterocycles. The topological polar surface area (TPSA) is 20.2 Å². The number of aliphatic hydroxyl groups excluding tert-OH is 1. The maximum Gasteiger partial charge on any atom is 0.0433 e. The van der Waals surface area contributed by atoms with Crippen LogP contribution in [0.1, 0.15) is 30.9 Å². The Morgan fingerprint density at radius 2 is 1.93 bits per heavy atom. The number of unbranched alkanes of at least 4 members (excludes halogenated alkanes) is 1. The molecule has 0 saturated carbocycles. The average molecular weight is 190 g/mol. The van der Waals surface area contributed by atoms with Crippen LogP contribution in [0.15, 0.2) is 30.3 Å². The minimum Gasteiger partial charge on any atom is -0.396 e. The monoisotopic (exact) mass is 190 g/mol. The van der Waals surface area contributed by atoms with Crippen molar-refractivity contribution >= 4 is 5.57 Å². The van der Waals surface area contributed by atoms with Gasteiger partial charge in [0.05, 0.1) is 0 Å². The number of allylic oxidation sites excluding steroid dienone is 2. The third-order valence-electron chi connectivity index (χ3n) is 2.32. The fourth-order valence-corrected chi connectivity index (χ4v) is 1.34. The van der Waals surface area contributed by atoms with E-state index in [4.69, 9.17) is 5.11 Å². The summed E-state index contributed by atoms with van der Waals surface area (Å²) in [5.74, 6) is 0. The van der Waals surface area contributed by atoms with Gasteiger partial charge < -0.3 is 5.11 Å². The Balaban J connectivity index is 2.64. The lowest BCUT2D eigenvalue weighted by molar-refractivity contribution is 0.289. The van der Waals surface area contributed by atoms with E-state index in [-0.39, 0.29) is 6.61 Å². The highest BCUT2D eigenvalue weighted by molar-refractivity contribution is 5.63. The fourth-order valence-electron chi connectivity index (χ4n) is 1.34. The Labute approximate surface area is 86.1 Å². The van der Waals surface area contributed by atoms with E-state index in [0.717, 1.165) is 12.8 Å². The average Bonchev–Trinajstić information content (AvgIpc) is 2.19. The summed E-state index contributed by atoms with van der Waals surface area (Å²) in [6.45, 7) is 4.48. The summed E-state index contributed by atoms with van der Waals surface area (Å²) in [4.78, 5) is 0. The van der Waals surface area contributed by atoms with Gasteiger partial charge in [-0.2, -0.15) is 0 Å². The van der Waals surface area contributed by atoms with Crippen LogP contribution in [-0.2, 0) is 0 Å². The van der Waals surface area contributed by atoms with Crippen LogP contribution in [0.3, 0.4) is 0 Å².